The Hall–Kier alpha value is -1.63. The Bertz CT molecular complexity index is 562. The summed E-state index contributed by atoms with van der Waals surface area (Å²) in [5, 5.41) is 8.35. The second kappa shape index (κ2) is 12.8. The second-order valence-corrected chi connectivity index (χ2v) is 8.57. The highest BCUT2D eigenvalue weighted by molar-refractivity contribution is 5.72. The summed E-state index contributed by atoms with van der Waals surface area (Å²) in [5.74, 6) is 0.827. The lowest BCUT2D eigenvalue weighted by Crippen LogP contribution is -2.30. The summed E-state index contributed by atoms with van der Waals surface area (Å²) in [6, 6.07) is 1.46. The lowest BCUT2D eigenvalue weighted by molar-refractivity contribution is -0.157. The zero-order valence-corrected chi connectivity index (χ0v) is 17.4. The number of hydrogen-bond acceptors (Lipinski definition) is 3. The van der Waals surface area contributed by atoms with Crippen molar-refractivity contribution >= 4 is 5.97 Å². The van der Waals surface area contributed by atoms with Gasteiger partial charge in [-0.15, -0.1) is 0 Å². The molecule has 156 valence electrons. The van der Waals surface area contributed by atoms with E-state index in [0.717, 1.165) is 57.3 Å². The fraction of sp³-hybridized carbons (Fsp3) is 0.750. The van der Waals surface area contributed by atoms with Gasteiger partial charge in [0.25, 0.3) is 0 Å². The van der Waals surface area contributed by atoms with Gasteiger partial charge < -0.3 is 4.74 Å². The zero-order chi connectivity index (χ0) is 20.2. The molecule has 0 aromatic heterocycles. The summed E-state index contributed by atoms with van der Waals surface area (Å²) in [4.78, 5) is 12.5. The van der Waals surface area contributed by atoms with Crippen LogP contribution in [-0.2, 0) is 9.53 Å². The Kier molecular flexibility index (Phi) is 10.3. The number of nitriles is 1. The molecule has 0 aromatic carbocycles. The molecule has 2 rings (SSSR count). The van der Waals surface area contributed by atoms with Crippen LogP contribution in [0.15, 0.2) is 24.1 Å². The molecule has 2 aliphatic carbocycles. The highest BCUT2D eigenvalue weighted by Gasteiger charge is 2.30. The van der Waals surface area contributed by atoms with Crippen molar-refractivity contribution in [2.45, 2.75) is 96.5 Å². The minimum Gasteiger partial charge on any atom is -0.462 e. The number of hydrogen-bond donors (Lipinski definition) is 0. The van der Waals surface area contributed by atoms with Crippen molar-refractivity contribution in [2.75, 3.05) is 0 Å². The van der Waals surface area contributed by atoms with E-state index < -0.39 is 5.83 Å². The molecule has 0 heterocycles. The van der Waals surface area contributed by atoms with Crippen LogP contribution in [0, 0.1) is 29.1 Å². The number of allylic oxidation sites excluding steroid dienone is 4. The van der Waals surface area contributed by atoms with Gasteiger partial charge in [0, 0.05) is 0 Å². The first kappa shape index (κ1) is 22.7. The largest absolute Gasteiger partial charge is 0.462 e. The molecule has 2 saturated carbocycles. The molecule has 3 nitrogen and oxygen atoms in total. The SMILES string of the molecule is CCCC[C@H]1CC[C@H](OC(=O)[C@H]2CC[C@H](CCC=CC=C(F)C#N)CC2)CC1. The number of carbonyl (C=O) groups excluding carboxylic acids is 1. The molecule has 0 unspecified atom stereocenters. The van der Waals surface area contributed by atoms with Crippen LogP contribution >= 0.6 is 0 Å². The lowest BCUT2D eigenvalue weighted by Gasteiger charge is -2.31. The highest BCUT2D eigenvalue weighted by atomic mass is 19.1. The number of unbranched alkanes of at least 4 members (excludes halogenated alkanes) is 1. The molecule has 0 bridgehead atoms. The van der Waals surface area contributed by atoms with Crippen molar-refractivity contribution in [3.05, 3.63) is 24.1 Å². The first-order valence-electron chi connectivity index (χ1n) is 11.2. The average Bonchev–Trinajstić information content (AvgIpc) is 2.73. The maximum absolute atomic E-state index is 12.7. The monoisotopic (exact) mass is 389 g/mol. The first-order valence-corrected chi connectivity index (χ1v) is 11.2. The van der Waals surface area contributed by atoms with Crippen LogP contribution < -0.4 is 0 Å². The third kappa shape index (κ3) is 8.17. The van der Waals surface area contributed by atoms with Gasteiger partial charge in [0.15, 0.2) is 5.83 Å². The normalized spacial score (nSPS) is 28.8. The quantitative estimate of drug-likeness (QED) is 0.247. The molecule has 0 aliphatic heterocycles. The van der Waals surface area contributed by atoms with Crippen molar-refractivity contribution in [3.63, 3.8) is 0 Å². The molecule has 0 N–H and O–H groups in total. The predicted octanol–water partition coefficient (Wildman–Crippen LogP) is 6.80. The van der Waals surface area contributed by atoms with Crippen LogP contribution in [0.25, 0.3) is 0 Å². The van der Waals surface area contributed by atoms with Gasteiger partial charge in [0.05, 0.1) is 5.92 Å². The van der Waals surface area contributed by atoms with Crippen molar-refractivity contribution in [3.8, 4) is 6.07 Å². The third-order valence-electron chi connectivity index (χ3n) is 6.45. The Labute approximate surface area is 170 Å². The van der Waals surface area contributed by atoms with Crippen LogP contribution in [0.4, 0.5) is 4.39 Å². The summed E-state index contributed by atoms with van der Waals surface area (Å²) in [5.41, 5.74) is 0. The maximum Gasteiger partial charge on any atom is 0.309 e. The Morgan fingerprint density at radius 1 is 1.07 bits per heavy atom. The molecule has 28 heavy (non-hydrogen) atoms. The van der Waals surface area contributed by atoms with Gasteiger partial charge in [-0.3, -0.25) is 4.79 Å². The molecule has 2 aliphatic rings. The molecule has 0 atom stereocenters. The van der Waals surface area contributed by atoms with Gasteiger partial charge in [-0.1, -0.05) is 38.3 Å². The number of rotatable bonds is 9. The lowest BCUT2D eigenvalue weighted by atomic mass is 9.80. The fourth-order valence-electron chi connectivity index (χ4n) is 4.60. The van der Waals surface area contributed by atoms with E-state index >= 15 is 0 Å². The Balaban J connectivity index is 1.60. The molecular weight excluding hydrogens is 353 g/mol. The predicted molar refractivity (Wildman–Crippen MR) is 110 cm³/mol. The van der Waals surface area contributed by atoms with E-state index in [-0.39, 0.29) is 18.0 Å². The van der Waals surface area contributed by atoms with Crippen LogP contribution in [0.2, 0.25) is 0 Å². The topological polar surface area (TPSA) is 50.1 Å². The zero-order valence-electron chi connectivity index (χ0n) is 17.4. The van der Waals surface area contributed by atoms with Gasteiger partial charge in [-0.05, 0) is 82.1 Å². The van der Waals surface area contributed by atoms with Gasteiger partial charge >= 0.3 is 5.97 Å². The molecule has 0 saturated heterocycles. The first-order chi connectivity index (χ1) is 13.6. The Morgan fingerprint density at radius 3 is 2.36 bits per heavy atom. The molecule has 0 spiro atoms. The molecular formula is C24H36FNO2. The van der Waals surface area contributed by atoms with E-state index in [0.29, 0.717) is 5.92 Å². The number of halogens is 1. The molecule has 4 heteroatoms. The minimum absolute atomic E-state index is 0.0347. The summed E-state index contributed by atoms with van der Waals surface area (Å²) in [7, 11) is 0. The van der Waals surface area contributed by atoms with E-state index in [4.69, 9.17) is 10.00 Å². The van der Waals surface area contributed by atoms with Crippen molar-refractivity contribution in [1.82, 2.24) is 0 Å². The number of esters is 1. The number of ether oxygens (including phenoxy) is 1. The van der Waals surface area contributed by atoms with Gasteiger partial charge in [-0.25, -0.2) is 0 Å². The molecule has 0 radical (unpaired) electrons. The van der Waals surface area contributed by atoms with Crippen LogP contribution in [0.1, 0.15) is 90.4 Å². The molecule has 2 fully saturated rings. The summed E-state index contributed by atoms with van der Waals surface area (Å²) in [6.45, 7) is 2.24. The van der Waals surface area contributed by atoms with Gasteiger partial charge in [-0.2, -0.15) is 9.65 Å². The van der Waals surface area contributed by atoms with Crippen LogP contribution in [0.3, 0.4) is 0 Å². The van der Waals surface area contributed by atoms with E-state index in [1.807, 2.05) is 6.08 Å². The highest BCUT2D eigenvalue weighted by Crippen LogP contribution is 2.34. The molecule has 0 aromatic rings. The van der Waals surface area contributed by atoms with Crippen LogP contribution in [-0.4, -0.2) is 12.1 Å². The summed E-state index contributed by atoms with van der Waals surface area (Å²) < 4.78 is 18.5. The second-order valence-electron chi connectivity index (χ2n) is 8.57. The van der Waals surface area contributed by atoms with E-state index in [1.54, 1.807) is 6.08 Å². The maximum atomic E-state index is 12.7. The number of nitrogens with zero attached hydrogens (tertiary/aromatic N) is 1. The minimum atomic E-state index is -0.760. The van der Waals surface area contributed by atoms with Crippen molar-refractivity contribution in [1.29, 1.82) is 5.26 Å². The summed E-state index contributed by atoms with van der Waals surface area (Å²) >= 11 is 0. The van der Waals surface area contributed by atoms with Crippen molar-refractivity contribution < 1.29 is 13.9 Å². The average molecular weight is 390 g/mol. The Morgan fingerprint density at radius 2 is 1.71 bits per heavy atom. The fourth-order valence-corrected chi connectivity index (χ4v) is 4.60. The standard InChI is InChI=1S/C24H36FNO2/c1-2-3-7-19-12-16-23(17-13-19)28-24(27)21-14-10-20(11-15-21)8-5-4-6-9-22(25)18-26/h4,6,9,19-21,23H,2-3,5,7-8,10-17H2,1H3/t19-,20-,21-,23-. The van der Waals surface area contributed by atoms with Gasteiger partial charge in [0.1, 0.15) is 12.2 Å². The van der Waals surface area contributed by atoms with E-state index in [1.165, 1.54) is 44.2 Å². The summed E-state index contributed by atoms with van der Waals surface area (Å²) in [6.07, 6.45) is 19.3. The van der Waals surface area contributed by atoms with Crippen molar-refractivity contribution in [2.24, 2.45) is 17.8 Å². The molecule has 0 amide bonds. The smallest absolute Gasteiger partial charge is 0.309 e. The third-order valence-corrected chi connectivity index (χ3v) is 6.45. The van der Waals surface area contributed by atoms with Gasteiger partial charge in [0.2, 0.25) is 0 Å². The van der Waals surface area contributed by atoms with Crippen LogP contribution in [0.5, 0.6) is 0 Å². The number of carbonyl (C=O) groups is 1. The van der Waals surface area contributed by atoms with E-state index in [9.17, 15) is 9.18 Å². The van der Waals surface area contributed by atoms with E-state index in [2.05, 4.69) is 6.92 Å².